The van der Waals surface area contributed by atoms with Crippen LogP contribution in [0.5, 0.6) is 0 Å². The molecule has 0 spiro atoms. The Hall–Kier alpha value is -2.16. The molecule has 1 aliphatic rings. The first-order chi connectivity index (χ1) is 9.77. The lowest BCUT2D eigenvalue weighted by Gasteiger charge is -2.30. The second-order valence-electron chi connectivity index (χ2n) is 5.23. The van der Waals surface area contributed by atoms with Gasteiger partial charge in [-0.1, -0.05) is 60.7 Å². The Morgan fingerprint density at radius 2 is 1.35 bits per heavy atom. The van der Waals surface area contributed by atoms with Gasteiger partial charge in [0.2, 0.25) is 0 Å². The Morgan fingerprint density at radius 3 is 2.25 bits per heavy atom. The Balaban J connectivity index is 2.16. The molecule has 0 fully saturated rings. The fraction of sp³-hybridized carbons (Fsp3) is 0.111. The van der Waals surface area contributed by atoms with E-state index in [2.05, 4.69) is 12.1 Å². The van der Waals surface area contributed by atoms with E-state index in [1.165, 1.54) is 0 Å². The number of hydrogen-bond donors (Lipinski definition) is 2. The van der Waals surface area contributed by atoms with Gasteiger partial charge in [-0.2, -0.15) is 0 Å². The van der Waals surface area contributed by atoms with Gasteiger partial charge in [-0.3, -0.25) is 0 Å². The first kappa shape index (κ1) is 11.6. The Labute approximate surface area is 116 Å². The third-order valence-corrected chi connectivity index (χ3v) is 4.13. The highest BCUT2D eigenvalue weighted by atomic mass is 16.3. The summed E-state index contributed by atoms with van der Waals surface area (Å²) in [6.07, 6.45) is -1.73. The number of rotatable bonds is 0. The molecule has 0 saturated carbocycles. The van der Waals surface area contributed by atoms with Crippen LogP contribution in [0.15, 0.2) is 60.7 Å². The third kappa shape index (κ3) is 1.46. The Morgan fingerprint density at radius 1 is 0.650 bits per heavy atom. The van der Waals surface area contributed by atoms with Crippen LogP contribution in [-0.2, 0) is 0 Å². The van der Waals surface area contributed by atoms with Crippen LogP contribution in [0.25, 0.3) is 21.9 Å². The van der Waals surface area contributed by atoms with Crippen LogP contribution in [0, 0.1) is 0 Å². The maximum atomic E-state index is 10.4. The molecule has 0 unspecified atom stereocenters. The van der Waals surface area contributed by atoms with Crippen molar-refractivity contribution >= 4 is 10.8 Å². The Kier molecular flexibility index (Phi) is 2.43. The molecule has 98 valence electrons. The van der Waals surface area contributed by atoms with Gasteiger partial charge in [0.25, 0.3) is 0 Å². The van der Waals surface area contributed by atoms with E-state index in [1.807, 2.05) is 48.5 Å². The summed E-state index contributed by atoms with van der Waals surface area (Å²) < 4.78 is 0. The molecule has 3 aromatic rings. The molecule has 0 amide bonds. The molecule has 0 bridgehead atoms. The summed E-state index contributed by atoms with van der Waals surface area (Å²) in [4.78, 5) is 0. The second kappa shape index (κ2) is 4.17. The highest BCUT2D eigenvalue weighted by molar-refractivity contribution is 6.00. The van der Waals surface area contributed by atoms with Crippen LogP contribution in [0.1, 0.15) is 23.3 Å². The van der Waals surface area contributed by atoms with Gasteiger partial charge in [0, 0.05) is 0 Å². The van der Waals surface area contributed by atoms with E-state index in [1.54, 1.807) is 0 Å². The largest absolute Gasteiger partial charge is 0.385 e. The molecule has 20 heavy (non-hydrogen) atoms. The molecule has 0 radical (unpaired) electrons. The van der Waals surface area contributed by atoms with Crippen LogP contribution < -0.4 is 0 Å². The monoisotopic (exact) mass is 262 g/mol. The van der Waals surface area contributed by atoms with Crippen LogP contribution in [0.2, 0.25) is 0 Å². The number of benzene rings is 3. The maximum absolute atomic E-state index is 10.4. The van der Waals surface area contributed by atoms with Crippen molar-refractivity contribution in [3.05, 3.63) is 71.8 Å². The predicted molar refractivity (Wildman–Crippen MR) is 79.3 cm³/mol. The lowest BCUT2D eigenvalue weighted by Crippen LogP contribution is -2.17. The number of aliphatic hydroxyl groups excluding tert-OH is 2. The first-order valence-corrected chi connectivity index (χ1v) is 6.74. The van der Waals surface area contributed by atoms with Gasteiger partial charge >= 0.3 is 0 Å². The van der Waals surface area contributed by atoms with Gasteiger partial charge in [0.05, 0.1) is 0 Å². The molecule has 0 aliphatic heterocycles. The number of fused-ring (bicyclic) bond motifs is 5. The zero-order chi connectivity index (χ0) is 13.7. The van der Waals surface area contributed by atoms with Gasteiger partial charge in [-0.15, -0.1) is 0 Å². The fourth-order valence-electron chi connectivity index (χ4n) is 3.16. The van der Waals surface area contributed by atoms with Gasteiger partial charge in [-0.25, -0.2) is 0 Å². The van der Waals surface area contributed by atoms with Crippen molar-refractivity contribution in [2.75, 3.05) is 0 Å². The van der Waals surface area contributed by atoms with E-state index in [4.69, 9.17) is 0 Å². The van der Waals surface area contributed by atoms with Gasteiger partial charge in [0.15, 0.2) is 0 Å². The van der Waals surface area contributed by atoms with Crippen molar-refractivity contribution in [2.24, 2.45) is 0 Å². The minimum atomic E-state index is -0.871. The molecule has 0 aromatic heterocycles. The van der Waals surface area contributed by atoms with E-state index in [9.17, 15) is 10.2 Å². The van der Waals surface area contributed by atoms with Crippen LogP contribution in [0.3, 0.4) is 0 Å². The fourth-order valence-corrected chi connectivity index (χ4v) is 3.16. The van der Waals surface area contributed by atoms with Gasteiger partial charge < -0.3 is 10.2 Å². The molecule has 2 atom stereocenters. The zero-order valence-electron chi connectivity index (χ0n) is 10.8. The molecule has 1 aliphatic carbocycles. The van der Waals surface area contributed by atoms with Crippen molar-refractivity contribution in [1.82, 2.24) is 0 Å². The Bertz CT molecular complexity index is 807. The third-order valence-electron chi connectivity index (χ3n) is 4.13. The minimum absolute atomic E-state index is 0.795. The second-order valence-corrected chi connectivity index (χ2v) is 5.23. The van der Waals surface area contributed by atoms with Crippen molar-refractivity contribution < 1.29 is 10.2 Å². The van der Waals surface area contributed by atoms with E-state index in [-0.39, 0.29) is 0 Å². The summed E-state index contributed by atoms with van der Waals surface area (Å²) >= 11 is 0. The van der Waals surface area contributed by atoms with E-state index in [0.29, 0.717) is 0 Å². The lowest BCUT2D eigenvalue weighted by atomic mass is 9.80. The zero-order valence-corrected chi connectivity index (χ0v) is 10.8. The summed E-state index contributed by atoms with van der Waals surface area (Å²) in [6.45, 7) is 0. The normalized spacial score (nSPS) is 20.5. The maximum Gasteiger partial charge on any atom is 0.110 e. The van der Waals surface area contributed by atoms with Crippen molar-refractivity contribution in [2.45, 2.75) is 12.2 Å². The molecule has 2 heteroatoms. The molecule has 2 nitrogen and oxygen atoms in total. The average molecular weight is 262 g/mol. The summed E-state index contributed by atoms with van der Waals surface area (Å²) in [7, 11) is 0. The lowest BCUT2D eigenvalue weighted by molar-refractivity contribution is 0.0159. The molecule has 3 aromatic carbocycles. The number of aliphatic hydroxyl groups is 2. The van der Waals surface area contributed by atoms with Crippen LogP contribution >= 0.6 is 0 Å². The molecular formula is C18H14O2. The quantitative estimate of drug-likeness (QED) is 0.650. The van der Waals surface area contributed by atoms with Crippen molar-refractivity contribution in [3.63, 3.8) is 0 Å². The summed E-state index contributed by atoms with van der Waals surface area (Å²) in [6, 6.07) is 19.8. The average Bonchev–Trinajstić information content (AvgIpc) is 2.51. The van der Waals surface area contributed by atoms with Crippen LogP contribution in [-0.4, -0.2) is 10.2 Å². The van der Waals surface area contributed by atoms with Gasteiger partial charge in [0.1, 0.15) is 12.2 Å². The summed E-state index contributed by atoms with van der Waals surface area (Å²) in [5, 5.41) is 22.9. The van der Waals surface area contributed by atoms with Gasteiger partial charge in [-0.05, 0) is 33.0 Å². The van der Waals surface area contributed by atoms with Crippen molar-refractivity contribution in [1.29, 1.82) is 0 Å². The number of hydrogen-bond acceptors (Lipinski definition) is 2. The predicted octanol–water partition coefficient (Wildman–Crippen LogP) is 3.59. The standard InChI is InChI=1S/C18H14O2/c19-17-14-8-4-3-7-13(14)16-12-6-2-1-5-11(12)9-10-15(16)18(17)20/h1-10,17-20H/t17-,18-/m1/s1. The highest BCUT2D eigenvalue weighted by Gasteiger charge is 2.31. The minimum Gasteiger partial charge on any atom is -0.385 e. The van der Waals surface area contributed by atoms with Crippen molar-refractivity contribution in [3.8, 4) is 11.1 Å². The van der Waals surface area contributed by atoms with E-state index in [0.717, 1.165) is 33.0 Å². The van der Waals surface area contributed by atoms with E-state index < -0.39 is 12.2 Å². The SMILES string of the molecule is O[C@@H]1c2ccccc2-c2c(ccc3ccccc23)[C@H]1O. The molecule has 4 rings (SSSR count). The first-order valence-electron chi connectivity index (χ1n) is 6.74. The van der Waals surface area contributed by atoms with Crippen LogP contribution in [0.4, 0.5) is 0 Å². The summed E-state index contributed by atoms with van der Waals surface area (Å²) in [5.74, 6) is 0. The molecule has 2 N–H and O–H groups in total. The molecular weight excluding hydrogens is 248 g/mol. The molecule has 0 saturated heterocycles. The molecule has 0 heterocycles. The summed E-state index contributed by atoms with van der Waals surface area (Å²) in [5.41, 5.74) is 3.65. The highest BCUT2D eigenvalue weighted by Crippen LogP contribution is 2.46. The smallest absolute Gasteiger partial charge is 0.110 e. The topological polar surface area (TPSA) is 40.5 Å². The van der Waals surface area contributed by atoms with E-state index >= 15 is 0 Å².